The summed E-state index contributed by atoms with van der Waals surface area (Å²) in [7, 11) is 0. The molecule has 5 heteroatoms. The van der Waals surface area contributed by atoms with E-state index in [9.17, 15) is 5.11 Å². The average Bonchev–Trinajstić information content (AvgIpc) is 3.06. The molecule has 1 fully saturated rings. The van der Waals surface area contributed by atoms with Gasteiger partial charge >= 0.3 is 0 Å². The fraction of sp³-hybridized carbons (Fsp3) is 0.500. The standard InChI is InChI=1S/C30H42N4O/c1-7-9-24-20-26(15-19-33-21-24)25(11-10-22(3)8-2)12-18-30(6,34-28(32)23(4)31)29(5)16-13-27(35)14-17-29/h10-12,15,18,20-21,27,31,35H,8,13-14,16-17,19H2,1-6H3,(H2,32,34)/b18-12+,22-10-,25-11+,31-23?. The maximum Gasteiger partial charge on any atom is 0.140 e. The summed E-state index contributed by atoms with van der Waals surface area (Å²) in [6.45, 7) is 12.7. The van der Waals surface area contributed by atoms with E-state index in [0.717, 1.165) is 48.8 Å². The molecule has 5 nitrogen and oxygen atoms in total. The summed E-state index contributed by atoms with van der Waals surface area (Å²) in [4.78, 5) is 9.35. The molecule has 4 N–H and O–H groups in total. The number of nitrogens with two attached hydrogens (primary N) is 1. The Morgan fingerprint density at radius 3 is 2.63 bits per heavy atom. The van der Waals surface area contributed by atoms with Crippen LogP contribution in [0.15, 0.2) is 68.7 Å². The number of aliphatic imine (C=N–C) groups is 2. The van der Waals surface area contributed by atoms with E-state index >= 15 is 0 Å². The van der Waals surface area contributed by atoms with Crippen molar-refractivity contribution in [2.45, 2.75) is 85.3 Å². The maximum absolute atomic E-state index is 10.1. The molecule has 0 aromatic rings. The van der Waals surface area contributed by atoms with Gasteiger partial charge in [-0.25, -0.2) is 0 Å². The lowest BCUT2D eigenvalue weighted by molar-refractivity contribution is 0.0438. The Morgan fingerprint density at radius 1 is 1.34 bits per heavy atom. The van der Waals surface area contributed by atoms with Crippen LogP contribution in [0.1, 0.15) is 73.6 Å². The Labute approximate surface area is 211 Å². The minimum absolute atomic E-state index is 0.196. The normalized spacial score (nSPS) is 25.8. The van der Waals surface area contributed by atoms with Gasteiger partial charge < -0.3 is 16.2 Å². The molecule has 0 aromatic carbocycles. The summed E-state index contributed by atoms with van der Waals surface area (Å²) in [5, 5.41) is 18.1. The SMILES string of the molecule is CC#CC1=CC(C(/C=C/C(C)(N=C(N)C(C)=N)C2(C)CCC(O)CC2)=C/C=C(/C)CC)=CCN=C1. The van der Waals surface area contributed by atoms with Crippen molar-refractivity contribution in [2.24, 2.45) is 21.1 Å². The lowest BCUT2D eigenvalue weighted by Crippen LogP contribution is -2.46. The molecule has 1 aliphatic carbocycles. The molecule has 1 saturated carbocycles. The molecule has 2 aliphatic rings. The summed E-state index contributed by atoms with van der Waals surface area (Å²) in [6, 6.07) is 0. The van der Waals surface area contributed by atoms with Crippen LogP contribution in [-0.4, -0.2) is 41.1 Å². The van der Waals surface area contributed by atoms with E-state index in [1.165, 1.54) is 5.57 Å². The second-order valence-corrected chi connectivity index (χ2v) is 10.0. The number of nitrogens with one attached hydrogen (secondary N) is 1. The van der Waals surface area contributed by atoms with Crippen molar-refractivity contribution in [3.8, 4) is 11.8 Å². The summed E-state index contributed by atoms with van der Waals surface area (Å²) in [5.74, 6) is 6.34. The molecule has 1 unspecified atom stereocenters. The van der Waals surface area contributed by atoms with Crippen molar-refractivity contribution in [2.75, 3.05) is 6.54 Å². The third-order valence-electron chi connectivity index (χ3n) is 7.27. The molecule has 0 radical (unpaired) electrons. The van der Waals surface area contributed by atoms with Crippen LogP contribution in [0.5, 0.6) is 0 Å². The van der Waals surface area contributed by atoms with Crippen LogP contribution in [0.2, 0.25) is 0 Å². The monoisotopic (exact) mass is 474 g/mol. The first-order chi connectivity index (χ1) is 16.5. The number of rotatable bonds is 8. The molecular formula is C30H42N4O. The van der Waals surface area contributed by atoms with Crippen molar-refractivity contribution in [1.82, 2.24) is 0 Å². The van der Waals surface area contributed by atoms with Gasteiger partial charge in [0.2, 0.25) is 0 Å². The molecule has 0 saturated heterocycles. The number of hydrogen-bond acceptors (Lipinski definition) is 4. The van der Waals surface area contributed by atoms with Crippen LogP contribution in [0.3, 0.4) is 0 Å². The zero-order valence-electron chi connectivity index (χ0n) is 22.3. The molecule has 0 spiro atoms. The van der Waals surface area contributed by atoms with Gasteiger partial charge in [-0.2, -0.15) is 0 Å². The van der Waals surface area contributed by atoms with Gasteiger partial charge in [-0.1, -0.05) is 55.7 Å². The number of amidine groups is 1. The van der Waals surface area contributed by atoms with Gasteiger partial charge in [0.1, 0.15) is 5.84 Å². The van der Waals surface area contributed by atoms with Gasteiger partial charge in [-0.05, 0) is 82.4 Å². The van der Waals surface area contributed by atoms with Crippen LogP contribution < -0.4 is 5.73 Å². The number of allylic oxidation sites excluding steroid dienone is 8. The van der Waals surface area contributed by atoms with Gasteiger partial charge in [0, 0.05) is 11.8 Å². The molecule has 0 bridgehead atoms. The van der Waals surface area contributed by atoms with Gasteiger partial charge in [0.25, 0.3) is 0 Å². The van der Waals surface area contributed by atoms with E-state index in [0.29, 0.717) is 6.54 Å². The number of aliphatic hydroxyl groups excluding tert-OH is 1. The van der Waals surface area contributed by atoms with Gasteiger partial charge in [-0.15, -0.1) is 5.92 Å². The first-order valence-electron chi connectivity index (χ1n) is 12.5. The van der Waals surface area contributed by atoms with E-state index < -0.39 is 5.54 Å². The van der Waals surface area contributed by atoms with Crippen molar-refractivity contribution in [3.05, 3.63) is 58.7 Å². The van der Waals surface area contributed by atoms with E-state index in [1.807, 2.05) is 13.1 Å². The quantitative estimate of drug-likeness (QED) is 0.177. The third-order valence-corrected chi connectivity index (χ3v) is 7.27. The molecule has 35 heavy (non-hydrogen) atoms. The van der Waals surface area contributed by atoms with Crippen molar-refractivity contribution in [1.29, 1.82) is 5.41 Å². The highest BCUT2D eigenvalue weighted by Gasteiger charge is 2.45. The average molecular weight is 475 g/mol. The van der Waals surface area contributed by atoms with Crippen molar-refractivity contribution < 1.29 is 5.11 Å². The second-order valence-electron chi connectivity index (χ2n) is 10.0. The number of hydrogen-bond donors (Lipinski definition) is 3. The fourth-order valence-corrected chi connectivity index (χ4v) is 4.28. The lowest BCUT2D eigenvalue weighted by Gasteiger charge is -2.46. The summed E-state index contributed by atoms with van der Waals surface area (Å²) >= 11 is 0. The summed E-state index contributed by atoms with van der Waals surface area (Å²) in [5.41, 5.74) is 9.90. The molecule has 0 amide bonds. The highest BCUT2D eigenvalue weighted by molar-refractivity contribution is 6.38. The van der Waals surface area contributed by atoms with Crippen LogP contribution >= 0.6 is 0 Å². The second kappa shape index (κ2) is 12.7. The maximum atomic E-state index is 10.1. The zero-order chi connectivity index (χ0) is 26.1. The van der Waals surface area contributed by atoms with Crippen LogP contribution in [0.25, 0.3) is 0 Å². The predicted octanol–water partition coefficient (Wildman–Crippen LogP) is 5.88. The lowest BCUT2D eigenvalue weighted by atomic mass is 9.63. The molecule has 1 heterocycles. The smallest absolute Gasteiger partial charge is 0.140 e. The van der Waals surface area contributed by atoms with Crippen molar-refractivity contribution >= 4 is 17.8 Å². The van der Waals surface area contributed by atoms with Gasteiger partial charge in [0.05, 0.1) is 23.9 Å². The fourth-order valence-electron chi connectivity index (χ4n) is 4.28. The Bertz CT molecular complexity index is 1060. The number of aliphatic hydroxyl groups is 1. The first-order valence-corrected chi connectivity index (χ1v) is 12.5. The molecular weight excluding hydrogens is 432 g/mol. The zero-order valence-corrected chi connectivity index (χ0v) is 22.3. The predicted molar refractivity (Wildman–Crippen MR) is 150 cm³/mol. The van der Waals surface area contributed by atoms with E-state index in [2.05, 4.69) is 81.0 Å². The molecule has 2 rings (SSSR count). The van der Waals surface area contributed by atoms with Gasteiger partial charge in [-0.3, -0.25) is 9.98 Å². The molecule has 1 atom stereocenters. The summed E-state index contributed by atoms with van der Waals surface area (Å²) in [6.07, 6.45) is 18.4. The Morgan fingerprint density at radius 2 is 2.03 bits per heavy atom. The molecule has 1 aliphatic heterocycles. The molecule has 188 valence electrons. The minimum atomic E-state index is -0.639. The first kappa shape index (κ1) is 28.3. The topological polar surface area (TPSA) is 94.8 Å². The highest BCUT2D eigenvalue weighted by Crippen LogP contribution is 2.47. The molecule has 0 aromatic heterocycles. The van der Waals surface area contributed by atoms with E-state index in [4.69, 9.17) is 16.1 Å². The van der Waals surface area contributed by atoms with E-state index in [1.54, 1.807) is 6.92 Å². The third kappa shape index (κ3) is 7.77. The Balaban J connectivity index is 2.62. The van der Waals surface area contributed by atoms with Gasteiger partial charge in [0.15, 0.2) is 0 Å². The number of nitrogens with zero attached hydrogens (tertiary/aromatic N) is 2. The van der Waals surface area contributed by atoms with Crippen LogP contribution in [-0.2, 0) is 0 Å². The largest absolute Gasteiger partial charge is 0.393 e. The van der Waals surface area contributed by atoms with Crippen molar-refractivity contribution in [3.63, 3.8) is 0 Å². The van der Waals surface area contributed by atoms with E-state index in [-0.39, 0.29) is 23.1 Å². The Hall–Kier alpha value is -2.97. The summed E-state index contributed by atoms with van der Waals surface area (Å²) < 4.78 is 0. The van der Waals surface area contributed by atoms with Crippen LogP contribution in [0.4, 0.5) is 0 Å². The highest BCUT2D eigenvalue weighted by atomic mass is 16.3. The van der Waals surface area contributed by atoms with Crippen LogP contribution in [0, 0.1) is 22.7 Å². The minimum Gasteiger partial charge on any atom is -0.393 e. The Kier molecular flexibility index (Phi) is 10.2.